The second kappa shape index (κ2) is 6.87. The number of benzene rings is 2. The summed E-state index contributed by atoms with van der Waals surface area (Å²) < 4.78 is 6.79. The van der Waals surface area contributed by atoms with Crippen LogP contribution in [0.15, 0.2) is 61.2 Å². The lowest BCUT2D eigenvalue weighted by Crippen LogP contribution is -2.15. The standard InChI is InChI=1S/C20H16N4O3/c1-13-19(16-4-2-3-5-17(16)23-13)18(25)10-27-20(26)14-6-8-15(9-7-14)24-12-21-11-22-24/h2-9,11-12,23H,10H2,1H3. The smallest absolute Gasteiger partial charge is 0.338 e. The highest BCUT2D eigenvalue weighted by Gasteiger charge is 2.18. The molecule has 0 atom stereocenters. The molecule has 4 aromatic rings. The Kier molecular flexibility index (Phi) is 4.25. The van der Waals surface area contributed by atoms with Gasteiger partial charge < -0.3 is 9.72 Å². The van der Waals surface area contributed by atoms with E-state index in [0.717, 1.165) is 22.3 Å². The van der Waals surface area contributed by atoms with Crippen LogP contribution >= 0.6 is 0 Å². The molecule has 0 radical (unpaired) electrons. The Labute approximate surface area is 154 Å². The number of fused-ring (bicyclic) bond motifs is 1. The number of carbonyl (C=O) groups is 2. The average Bonchev–Trinajstić information content (AvgIpc) is 3.33. The summed E-state index contributed by atoms with van der Waals surface area (Å²) >= 11 is 0. The molecule has 2 aromatic heterocycles. The third-order valence-corrected chi connectivity index (χ3v) is 4.29. The summed E-state index contributed by atoms with van der Waals surface area (Å²) in [6, 6.07) is 14.3. The van der Waals surface area contributed by atoms with Gasteiger partial charge in [-0.05, 0) is 37.3 Å². The molecule has 0 fully saturated rings. The van der Waals surface area contributed by atoms with Gasteiger partial charge in [0.05, 0.1) is 11.3 Å². The normalized spacial score (nSPS) is 10.9. The first-order valence-electron chi connectivity index (χ1n) is 8.36. The first-order chi connectivity index (χ1) is 13.1. The van der Waals surface area contributed by atoms with E-state index in [1.165, 1.54) is 6.33 Å². The second-order valence-electron chi connectivity index (χ2n) is 6.06. The highest BCUT2D eigenvalue weighted by Crippen LogP contribution is 2.22. The number of aromatic nitrogens is 4. The van der Waals surface area contributed by atoms with Crippen LogP contribution in [-0.4, -0.2) is 38.1 Å². The van der Waals surface area contributed by atoms with E-state index in [2.05, 4.69) is 15.1 Å². The number of aryl methyl sites for hydroxylation is 1. The van der Waals surface area contributed by atoms with Crippen LogP contribution in [0.25, 0.3) is 16.6 Å². The van der Waals surface area contributed by atoms with Crippen molar-refractivity contribution in [3.63, 3.8) is 0 Å². The van der Waals surface area contributed by atoms with Crippen molar-refractivity contribution in [3.05, 3.63) is 78.0 Å². The fraction of sp³-hybridized carbons (Fsp3) is 0.100. The minimum atomic E-state index is -0.550. The van der Waals surface area contributed by atoms with Gasteiger partial charge in [-0.3, -0.25) is 4.79 Å². The topological polar surface area (TPSA) is 89.9 Å². The van der Waals surface area contributed by atoms with E-state index < -0.39 is 5.97 Å². The molecular formula is C20H16N4O3. The Morgan fingerprint density at radius 3 is 2.63 bits per heavy atom. The number of esters is 1. The lowest BCUT2D eigenvalue weighted by atomic mass is 10.1. The molecule has 0 aliphatic carbocycles. The first kappa shape index (κ1) is 16.7. The van der Waals surface area contributed by atoms with Crippen molar-refractivity contribution >= 4 is 22.7 Å². The second-order valence-corrected chi connectivity index (χ2v) is 6.06. The van der Waals surface area contributed by atoms with E-state index in [-0.39, 0.29) is 12.4 Å². The molecule has 134 valence electrons. The van der Waals surface area contributed by atoms with Crippen LogP contribution in [0.2, 0.25) is 0 Å². The third-order valence-electron chi connectivity index (χ3n) is 4.29. The maximum atomic E-state index is 12.6. The molecule has 0 saturated heterocycles. The first-order valence-corrected chi connectivity index (χ1v) is 8.36. The zero-order chi connectivity index (χ0) is 18.8. The Balaban J connectivity index is 1.45. The van der Waals surface area contributed by atoms with E-state index in [0.29, 0.717) is 11.1 Å². The number of H-pyrrole nitrogens is 1. The van der Waals surface area contributed by atoms with Crippen LogP contribution in [0.5, 0.6) is 0 Å². The fourth-order valence-corrected chi connectivity index (χ4v) is 3.01. The van der Waals surface area contributed by atoms with Gasteiger partial charge in [0.1, 0.15) is 12.7 Å². The van der Waals surface area contributed by atoms with Gasteiger partial charge in [0.15, 0.2) is 6.61 Å². The molecule has 2 aromatic carbocycles. The number of ketones is 1. The number of nitrogens with zero attached hydrogens (tertiary/aromatic N) is 3. The summed E-state index contributed by atoms with van der Waals surface area (Å²) in [4.78, 5) is 31.9. The zero-order valence-corrected chi connectivity index (χ0v) is 14.5. The third kappa shape index (κ3) is 3.22. The average molecular weight is 360 g/mol. The molecule has 27 heavy (non-hydrogen) atoms. The number of nitrogens with one attached hydrogen (secondary N) is 1. The van der Waals surface area contributed by atoms with Gasteiger partial charge >= 0.3 is 5.97 Å². The lowest BCUT2D eigenvalue weighted by molar-refractivity contribution is 0.0475. The van der Waals surface area contributed by atoms with Crippen LogP contribution in [-0.2, 0) is 4.74 Å². The highest BCUT2D eigenvalue weighted by atomic mass is 16.5. The predicted octanol–water partition coefficient (Wildman–Crippen LogP) is 3.10. The fourth-order valence-electron chi connectivity index (χ4n) is 3.01. The van der Waals surface area contributed by atoms with E-state index in [9.17, 15) is 9.59 Å². The van der Waals surface area contributed by atoms with Gasteiger partial charge in [0, 0.05) is 22.2 Å². The molecule has 0 aliphatic heterocycles. The minimum Gasteiger partial charge on any atom is -0.454 e. The van der Waals surface area contributed by atoms with E-state index in [1.54, 1.807) is 35.3 Å². The summed E-state index contributed by atoms with van der Waals surface area (Å²) in [7, 11) is 0. The van der Waals surface area contributed by atoms with Crippen LogP contribution in [0.4, 0.5) is 0 Å². The predicted molar refractivity (Wildman–Crippen MR) is 99.0 cm³/mol. The molecule has 2 heterocycles. The van der Waals surface area contributed by atoms with Crippen molar-refractivity contribution in [2.75, 3.05) is 6.61 Å². The Morgan fingerprint density at radius 1 is 1.11 bits per heavy atom. The van der Waals surface area contributed by atoms with Crippen LogP contribution < -0.4 is 0 Å². The number of hydrogen-bond acceptors (Lipinski definition) is 5. The maximum Gasteiger partial charge on any atom is 0.338 e. The largest absolute Gasteiger partial charge is 0.454 e. The Hall–Kier alpha value is -3.74. The summed E-state index contributed by atoms with van der Waals surface area (Å²) in [5.41, 5.74) is 3.33. The monoisotopic (exact) mass is 360 g/mol. The summed E-state index contributed by atoms with van der Waals surface area (Å²) in [6.07, 6.45) is 3.00. The number of aromatic amines is 1. The minimum absolute atomic E-state index is 0.238. The molecule has 7 heteroatoms. The van der Waals surface area contributed by atoms with Crippen LogP contribution in [0.3, 0.4) is 0 Å². The lowest BCUT2D eigenvalue weighted by Gasteiger charge is -2.06. The Bertz CT molecular complexity index is 1110. The summed E-state index contributed by atoms with van der Waals surface area (Å²) in [5, 5.41) is 4.85. The quantitative estimate of drug-likeness (QED) is 0.436. The number of para-hydroxylation sites is 1. The molecule has 0 bridgehead atoms. The number of ether oxygens (including phenoxy) is 1. The molecular weight excluding hydrogens is 344 g/mol. The Morgan fingerprint density at radius 2 is 1.89 bits per heavy atom. The van der Waals surface area contributed by atoms with Crippen LogP contribution in [0, 0.1) is 6.92 Å². The van der Waals surface area contributed by atoms with Gasteiger partial charge in [-0.15, -0.1) is 0 Å². The van der Waals surface area contributed by atoms with Crippen LogP contribution in [0.1, 0.15) is 26.4 Å². The molecule has 0 amide bonds. The number of carbonyl (C=O) groups excluding carboxylic acids is 2. The van der Waals surface area contributed by atoms with E-state index >= 15 is 0 Å². The molecule has 0 aliphatic rings. The highest BCUT2D eigenvalue weighted by molar-refractivity contribution is 6.10. The molecule has 0 unspecified atom stereocenters. The van der Waals surface area contributed by atoms with Crippen molar-refractivity contribution in [2.45, 2.75) is 6.92 Å². The zero-order valence-electron chi connectivity index (χ0n) is 14.5. The molecule has 7 nitrogen and oxygen atoms in total. The molecule has 0 spiro atoms. The number of hydrogen-bond donors (Lipinski definition) is 1. The van der Waals surface area contributed by atoms with E-state index in [4.69, 9.17) is 4.74 Å². The van der Waals surface area contributed by atoms with Crippen molar-refractivity contribution in [2.24, 2.45) is 0 Å². The van der Waals surface area contributed by atoms with Crippen molar-refractivity contribution < 1.29 is 14.3 Å². The SMILES string of the molecule is Cc1[nH]c2ccccc2c1C(=O)COC(=O)c1ccc(-n2cncn2)cc1. The van der Waals surface area contributed by atoms with Crippen molar-refractivity contribution in [3.8, 4) is 5.69 Å². The van der Waals surface area contributed by atoms with Gasteiger partial charge in [-0.1, -0.05) is 18.2 Å². The molecule has 1 N–H and O–H groups in total. The maximum absolute atomic E-state index is 12.6. The summed E-state index contributed by atoms with van der Waals surface area (Å²) in [6.45, 7) is 1.52. The van der Waals surface area contributed by atoms with Gasteiger partial charge in [0.25, 0.3) is 0 Å². The summed E-state index contributed by atoms with van der Waals surface area (Å²) in [5.74, 6) is -0.788. The number of rotatable bonds is 5. The van der Waals surface area contributed by atoms with E-state index in [1.807, 2.05) is 31.2 Å². The van der Waals surface area contributed by atoms with Gasteiger partial charge in [0.2, 0.25) is 5.78 Å². The van der Waals surface area contributed by atoms with Crippen molar-refractivity contribution in [1.29, 1.82) is 0 Å². The van der Waals surface area contributed by atoms with Gasteiger partial charge in [-0.25, -0.2) is 14.5 Å². The molecule has 0 saturated carbocycles. The molecule has 4 rings (SSSR count). The van der Waals surface area contributed by atoms with Gasteiger partial charge in [-0.2, -0.15) is 5.10 Å². The number of Topliss-reactive ketones (excluding diaryl/α,β-unsaturated/α-hetero) is 1. The van der Waals surface area contributed by atoms with Crippen molar-refractivity contribution in [1.82, 2.24) is 19.7 Å².